The molecule has 82 valence electrons. The Kier molecular flexibility index (Phi) is 2.60. The topological polar surface area (TPSA) is 79.7 Å². The molecule has 2 heterocycles. The molecule has 6 nitrogen and oxygen atoms in total. The van der Waals surface area contributed by atoms with Crippen molar-refractivity contribution < 1.29 is 4.52 Å². The number of hydrogen-bond donors (Lipinski definition) is 1. The zero-order valence-electron chi connectivity index (χ0n) is 9.06. The van der Waals surface area contributed by atoms with E-state index in [1.807, 2.05) is 0 Å². The summed E-state index contributed by atoms with van der Waals surface area (Å²) in [5.74, 6) is 1.40. The number of aromatic nitrogens is 3. The second-order valence-electron chi connectivity index (χ2n) is 3.38. The van der Waals surface area contributed by atoms with Crippen LogP contribution in [-0.4, -0.2) is 14.9 Å². The fraction of sp³-hybridized carbons (Fsp3) is 0.300. The van der Waals surface area contributed by atoms with Crippen molar-refractivity contribution in [3.63, 3.8) is 0 Å². The Hall–Kier alpha value is -2.29. The Labute approximate surface area is 92.5 Å². The molecule has 0 bridgehead atoms. The van der Waals surface area contributed by atoms with Crippen molar-refractivity contribution in [2.45, 2.75) is 13.5 Å². The number of nitrogens with zero attached hydrogens (tertiary/aromatic N) is 4. The predicted octanol–water partition coefficient (Wildman–Crippen LogP) is 1.20. The summed E-state index contributed by atoms with van der Waals surface area (Å²) in [6.45, 7) is 2.28. The molecule has 0 unspecified atom stereocenters. The van der Waals surface area contributed by atoms with E-state index in [1.165, 1.54) is 0 Å². The predicted molar refractivity (Wildman–Crippen MR) is 56.5 cm³/mol. The van der Waals surface area contributed by atoms with Gasteiger partial charge in [-0.1, -0.05) is 5.16 Å². The Bertz CT molecular complexity index is 520. The van der Waals surface area contributed by atoms with E-state index < -0.39 is 0 Å². The Balaban J connectivity index is 2.19. The van der Waals surface area contributed by atoms with Crippen molar-refractivity contribution in [1.29, 1.82) is 5.26 Å². The fourth-order valence-corrected chi connectivity index (χ4v) is 1.50. The lowest BCUT2D eigenvalue weighted by molar-refractivity contribution is 0.387. The molecular formula is C10H11N5O. The number of anilines is 1. The quantitative estimate of drug-likeness (QED) is 0.835. The minimum absolute atomic E-state index is 0.480. The molecule has 0 aliphatic heterocycles. The fourth-order valence-electron chi connectivity index (χ4n) is 1.50. The number of hydrogen-bond acceptors (Lipinski definition) is 5. The SMILES string of the molecule is Cc1nn(C)c(NCc2ccno2)c1C#N. The van der Waals surface area contributed by atoms with Gasteiger partial charge in [-0.05, 0) is 6.92 Å². The Morgan fingerprint density at radius 1 is 1.62 bits per heavy atom. The summed E-state index contributed by atoms with van der Waals surface area (Å²) in [4.78, 5) is 0. The van der Waals surface area contributed by atoms with Crippen molar-refractivity contribution in [2.75, 3.05) is 5.32 Å². The molecule has 2 rings (SSSR count). The van der Waals surface area contributed by atoms with E-state index in [0.717, 1.165) is 0 Å². The summed E-state index contributed by atoms with van der Waals surface area (Å²) in [6.07, 6.45) is 1.58. The van der Waals surface area contributed by atoms with Crippen molar-refractivity contribution in [2.24, 2.45) is 7.05 Å². The van der Waals surface area contributed by atoms with Gasteiger partial charge in [-0.3, -0.25) is 4.68 Å². The van der Waals surface area contributed by atoms with Crippen LogP contribution >= 0.6 is 0 Å². The third-order valence-electron chi connectivity index (χ3n) is 2.26. The second-order valence-corrected chi connectivity index (χ2v) is 3.38. The van der Waals surface area contributed by atoms with Crippen LogP contribution in [-0.2, 0) is 13.6 Å². The van der Waals surface area contributed by atoms with Gasteiger partial charge in [0, 0.05) is 13.1 Å². The highest BCUT2D eigenvalue weighted by molar-refractivity contribution is 5.54. The van der Waals surface area contributed by atoms with Crippen LogP contribution in [0.1, 0.15) is 17.0 Å². The van der Waals surface area contributed by atoms with Crippen molar-refractivity contribution in [1.82, 2.24) is 14.9 Å². The minimum atomic E-state index is 0.480. The van der Waals surface area contributed by atoms with Crippen molar-refractivity contribution >= 4 is 5.82 Å². The number of nitrogens with one attached hydrogen (secondary N) is 1. The number of aryl methyl sites for hydroxylation is 2. The summed E-state index contributed by atoms with van der Waals surface area (Å²) < 4.78 is 6.59. The molecule has 0 atom stereocenters. The first-order valence-corrected chi connectivity index (χ1v) is 4.79. The lowest BCUT2D eigenvalue weighted by Crippen LogP contribution is -2.05. The van der Waals surface area contributed by atoms with Gasteiger partial charge in [0.25, 0.3) is 0 Å². The van der Waals surface area contributed by atoms with Gasteiger partial charge in [0.1, 0.15) is 17.5 Å². The molecule has 0 saturated carbocycles. The van der Waals surface area contributed by atoms with Crippen molar-refractivity contribution in [3.8, 4) is 6.07 Å². The molecule has 0 aliphatic carbocycles. The molecule has 6 heteroatoms. The standard InChI is InChI=1S/C10H11N5O/c1-7-9(5-11)10(15(2)14-7)12-6-8-3-4-13-16-8/h3-4,12H,6H2,1-2H3. The van der Waals surface area contributed by atoms with Gasteiger partial charge in [-0.15, -0.1) is 0 Å². The minimum Gasteiger partial charge on any atom is -0.362 e. The van der Waals surface area contributed by atoms with E-state index in [9.17, 15) is 0 Å². The zero-order valence-corrected chi connectivity index (χ0v) is 9.06. The van der Waals surface area contributed by atoms with Crippen LogP contribution in [0.4, 0.5) is 5.82 Å². The lowest BCUT2D eigenvalue weighted by atomic mass is 10.2. The first-order valence-electron chi connectivity index (χ1n) is 4.79. The van der Waals surface area contributed by atoms with E-state index in [0.29, 0.717) is 29.4 Å². The molecule has 16 heavy (non-hydrogen) atoms. The van der Waals surface area contributed by atoms with Crippen LogP contribution < -0.4 is 5.32 Å². The largest absolute Gasteiger partial charge is 0.362 e. The molecule has 2 aromatic heterocycles. The molecule has 0 fully saturated rings. The highest BCUT2D eigenvalue weighted by Gasteiger charge is 2.12. The van der Waals surface area contributed by atoms with E-state index in [4.69, 9.17) is 9.78 Å². The first-order chi connectivity index (χ1) is 7.72. The summed E-state index contributed by atoms with van der Waals surface area (Å²) in [5.41, 5.74) is 1.27. The maximum Gasteiger partial charge on any atom is 0.155 e. The molecule has 2 aromatic rings. The average molecular weight is 217 g/mol. The number of nitriles is 1. The van der Waals surface area contributed by atoms with Crippen LogP contribution in [0.2, 0.25) is 0 Å². The molecule has 0 amide bonds. The third kappa shape index (κ3) is 1.75. The van der Waals surface area contributed by atoms with E-state index in [2.05, 4.69) is 21.6 Å². The highest BCUT2D eigenvalue weighted by atomic mass is 16.5. The molecule has 0 saturated heterocycles. The molecule has 1 N–H and O–H groups in total. The van der Waals surface area contributed by atoms with Gasteiger partial charge in [0.15, 0.2) is 5.76 Å². The van der Waals surface area contributed by atoms with Gasteiger partial charge in [0.05, 0.1) is 18.4 Å². The Morgan fingerprint density at radius 2 is 2.44 bits per heavy atom. The molecular weight excluding hydrogens is 206 g/mol. The van der Waals surface area contributed by atoms with Crippen molar-refractivity contribution in [3.05, 3.63) is 29.3 Å². The third-order valence-corrected chi connectivity index (χ3v) is 2.26. The smallest absolute Gasteiger partial charge is 0.155 e. The number of rotatable bonds is 3. The monoisotopic (exact) mass is 217 g/mol. The van der Waals surface area contributed by atoms with E-state index in [-0.39, 0.29) is 0 Å². The first kappa shape index (κ1) is 10.2. The highest BCUT2D eigenvalue weighted by Crippen LogP contribution is 2.17. The van der Waals surface area contributed by atoms with Crippen LogP contribution in [0.25, 0.3) is 0 Å². The van der Waals surface area contributed by atoms with Gasteiger partial charge < -0.3 is 9.84 Å². The zero-order chi connectivity index (χ0) is 11.5. The van der Waals surface area contributed by atoms with Gasteiger partial charge in [-0.2, -0.15) is 10.4 Å². The summed E-state index contributed by atoms with van der Waals surface area (Å²) >= 11 is 0. The van der Waals surface area contributed by atoms with Crippen LogP contribution in [0.15, 0.2) is 16.8 Å². The van der Waals surface area contributed by atoms with Crippen LogP contribution in [0.5, 0.6) is 0 Å². The van der Waals surface area contributed by atoms with Gasteiger partial charge in [-0.25, -0.2) is 0 Å². The summed E-state index contributed by atoms with van der Waals surface area (Å²) in [7, 11) is 1.79. The summed E-state index contributed by atoms with van der Waals surface area (Å²) in [6, 6.07) is 3.89. The molecule has 0 radical (unpaired) electrons. The van der Waals surface area contributed by atoms with Gasteiger partial charge in [0.2, 0.25) is 0 Å². The maximum absolute atomic E-state index is 8.99. The normalized spacial score (nSPS) is 10.1. The summed E-state index contributed by atoms with van der Waals surface area (Å²) in [5, 5.41) is 19.9. The lowest BCUT2D eigenvalue weighted by Gasteiger charge is -2.04. The van der Waals surface area contributed by atoms with E-state index in [1.54, 1.807) is 30.9 Å². The maximum atomic E-state index is 8.99. The Morgan fingerprint density at radius 3 is 3.06 bits per heavy atom. The van der Waals surface area contributed by atoms with E-state index >= 15 is 0 Å². The molecule has 0 spiro atoms. The average Bonchev–Trinajstić information content (AvgIpc) is 2.83. The second kappa shape index (κ2) is 4.06. The van der Waals surface area contributed by atoms with Gasteiger partial charge >= 0.3 is 0 Å². The van der Waals surface area contributed by atoms with Crippen LogP contribution in [0, 0.1) is 18.3 Å². The molecule has 0 aromatic carbocycles. The van der Waals surface area contributed by atoms with Crippen LogP contribution in [0.3, 0.4) is 0 Å². The molecule has 0 aliphatic rings.